The third-order valence-electron chi connectivity index (χ3n) is 2.99. The quantitative estimate of drug-likeness (QED) is 0.805. The summed E-state index contributed by atoms with van der Waals surface area (Å²) in [5.74, 6) is -0.446. The van der Waals surface area contributed by atoms with Crippen LogP contribution in [-0.2, 0) is 17.6 Å². The van der Waals surface area contributed by atoms with Gasteiger partial charge in [-0.15, -0.1) is 0 Å². The van der Waals surface area contributed by atoms with Gasteiger partial charge in [-0.2, -0.15) is 0 Å². The summed E-state index contributed by atoms with van der Waals surface area (Å²) < 4.78 is 6.60. The lowest BCUT2D eigenvalue weighted by atomic mass is 10.1. The average molecular weight is 240 g/mol. The Bertz CT molecular complexity index is 427. The number of rotatable bonds is 4. The number of carbonyl (C=O) groups is 1. The highest BCUT2D eigenvalue weighted by Gasteiger charge is 2.27. The topological polar surface area (TPSA) is 84.6 Å². The zero-order chi connectivity index (χ0) is 12.4. The fourth-order valence-corrected chi connectivity index (χ4v) is 2.23. The molecule has 1 unspecified atom stereocenters. The molecule has 2 N–H and O–H groups in total. The SMILES string of the molecule is COCCc1nc(C(=O)O)c2n1C(O)CCC2. The van der Waals surface area contributed by atoms with Crippen LogP contribution in [0.4, 0.5) is 0 Å². The summed E-state index contributed by atoms with van der Waals surface area (Å²) in [5, 5.41) is 19.0. The molecule has 0 bridgehead atoms. The Morgan fingerprint density at radius 2 is 2.41 bits per heavy atom. The van der Waals surface area contributed by atoms with Gasteiger partial charge in [-0.25, -0.2) is 9.78 Å². The van der Waals surface area contributed by atoms with Crippen LogP contribution in [0.5, 0.6) is 0 Å². The molecular weight excluding hydrogens is 224 g/mol. The van der Waals surface area contributed by atoms with Crippen LogP contribution in [-0.4, -0.2) is 39.5 Å². The lowest BCUT2D eigenvalue weighted by molar-refractivity contribution is 0.0674. The zero-order valence-corrected chi connectivity index (χ0v) is 9.72. The van der Waals surface area contributed by atoms with Crippen LogP contribution in [0.15, 0.2) is 0 Å². The number of carboxylic acids is 1. The van der Waals surface area contributed by atoms with Crippen molar-refractivity contribution in [2.75, 3.05) is 13.7 Å². The van der Waals surface area contributed by atoms with Crippen LogP contribution >= 0.6 is 0 Å². The second-order valence-corrected chi connectivity index (χ2v) is 4.11. The first-order valence-electron chi connectivity index (χ1n) is 5.65. The van der Waals surface area contributed by atoms with Crippen molar-refractivity contribution in [2.45, 2.75) is 31.9 Å². The Morgan fingerprint density at radius 1 is 1.65 bits per heavy atom. The first-order valence-corrected chi connectivity index (χ1v) is 5.65. The number of imidazole rings is 1. The number of carboxylic acid groups (broad SMARTS) is 1. The number of ether oxygens (including phenoxy) is 1. The van der Waals surface area contributed by atoms with Gasteiger partial charge in [0, 0.05) is 13.5 Å². The highest BCUT2D eigenvalue weighted by Crippen LogP contribution is 2.27. The molecule has 0 aromatic carbocycles. The highest BCUT2D eigenvalue weighted by atomic mass is 16.5. The van der Waals surface area contributed by atoms with Crippen LogP contribution in [0.1, 0.15) is 41.1 Å². The lowest BCUT2D eigenvalue weighted by Crippen LogP contribution is -2.20. The maximum Gasteiger partial charge on any atom is 0.356 e. The predicted octanol–water partition coefficient (Wildman–Crippen LogP) is 0.597. The first kappa shape index (κ1) is 12.1. The number of hydrogen-bond acceptors (Lipinski definition) is 4. The van der Waals surface area contributed by atoms with Crippen molar-refractivity contribution < 1.29 is 19.7 Å². The van der Waals surface area contributed by atoms with Gasteiger partial charge in [-0.05, 0) is 19.3 Å². The van der Waals surface area contributed by atoms with E-state index in [0.29, 0.717) is 37.4 Å². The van der Waals surface area contributed by atoms with Gasteiger partial charge in [-0.1, -0.05) is 0 Å². The van der Waals surface area contributed by atoms with E-state index in [1.165, 1.54) is 0 Å². The lowest BCUT2D eigenvalue weighted by Gasteiger charge is -2.23. The Hall–Kier alpha value is -1.40. The summed E-state index contributed by atoms with van der Waals surface area (Å²) in [6.45, 7) is 0.461. The normalized spacial score (nSPS) is 19.1. The number of methoxy groups -OCH3 is 1. The fourth-order valence-electron chi connectivity index (χ4n) is 2.23. The molecule has 1 aliphatic rings. The predicted molar refractivity (Wildman–Crippen MR) is 59.0 cm³/mol. The van der Waals surface area contributed by atoms with Crippen LogP contribution in [0.25, 0.3) is 0 Å². The molecule has 0 radical (unpaired) electrons. The van der Waals surface area contributed by atoms with Gasteiger partial charge in [0.2, 0.25) is 0 Å². The highest BCUT2D eigenvalue weighted by molar-refractivity contribution is 5.87. The van der Waals surface area contributed by atoms with Crippen molar-refractivity contribution in [1.29, 1.82) is 0 Å². The molecule has 17 heavy (non-hydrogen) atoms. The number of fused-ring (bicyclic) bond motifs is 1. The van der Waals surface area contributed by atoms with E-state index in [1.54, 1.807) is 11.7 Å². The molecule has 0 aliphatic carbocycles. The van der Waals surface area contributed by atoms with E-state index < -0.39 is 12.2 Å². The Balaban J connectivity index is 2.41. The van der Waals surface area contributed by atoms with Crippen LogP contribution in [0, 0.1) is 0 Å². The van der Waals surface area contributed by atoms with Gasteiger partial charge in [0.15, 0.2) is 5.69 Å². The molecule has 0 saturated carbocycles. The van der Waals surface area contributed by atoms with Gasteiger partial charge in [-0.3, -0.25) is 0 Å². The third-order valence-corrected chi connectivity index (χ3v) is 2.99. The number of hydrogen-bond donors (Lipinski definition) is 2. The van der Waals surface area contributed by atoms with Crippen molar-refractivity contribution in [1.82, 2.24) is 9.55 Å². The van der Waals surface area contributed by atoms with E-state index in [4.69, 9.17) is 9.84 Å². The third kappa shape index (κ3) is 2.18. The summed E-state index contributed by atoms with van der Waals surface area (Å²) in [6, 6.07) is 0. The summed E-state index contributed by atoms with van der Waals surface area (Å²) in [7, 11) is 1.58. The minimum atomic E-state index is -1.04. The summed E-state index contributed by atoms with van der Waals surface area (Å²) >= 11 is 0. The molecule has 0 saturated heterocycles. The monoisotopic (exact) mass is 240 g/mol. The van der Waals surface area contributed by atoms with Crippen LogP contribution in [0.3, 0.4) is 0 Å². The molecule has 0 amide bonds. The molecule has 1 aromatic heterocycles. The number of nitrogens with zero attached hydrogens (tertiary/aromatic N) is 2. The van der Waals surface area contributed by atoms with Crippen LogP contribution in [0.2, 0.25) is 0 Å². The molecule has 6 heteroatoms. The standard InChI is InChI=1S/C11H16N2O4/c1-17-6-5-8-12-10(11(15)16)7-3-2-4-9(14)13(7)8/h9,14H,2-6H2,1H3,(H,15,16). The Labute approximate surface area is 98.8 Å². The van der Waals surface area contributed by atoms with Gasteiger partial charge >= 0.3 is 5.97 Å². The van der Waals surface area contributed by atoms with Gasteiger partial charge in [0.05, 0.1) is 12.3 Å². The zero-order valence-electron chi connectivity index (χ0n) is 9.72. The summed E-state index contributed by atoms with van der Waals surface area (Å²) in [5.41, 5.74) is 0.692. The number of aromatic carboxylic acids is 1. The largest absolute Gasteiger partial charge is 0.476 e. The van der Waals surface area contributed by atoms with Crippen LogP contribution < -0.4 is 0 Å². The fraction of sp³-hybridized carbons (Fsp3) is 0.636. The molecule has 1 aliphatic heterocycles. The van der Waals surface area contributed by atoms with E-state index in [2.05, 4.69) is 4.98 Å². The van der Waals surface area contributed by atoms with E-state index >= 15 is 0 Å². The van der Waals surface area contributed by atoms with Crippen molar-refractivity contribution in [3.05, 3.63) is 17.2 Å². The smallest absolute Gasteiger partial charge is 0.356 e. The van der Waals surface area contributed by atoms with Gasteiger partial charge in [0.1, 0.15) is 12.1 Å². The van der Waals surface area contributed by atoms with Gasteiger partial charge < -0.3 is 19.5 Å². The Kier molecular flexibility index (Phi) is 3.44. The molecule has 0 spiro atoms. The van der Waals surface area contributed by atoms with Crippen molar-refractivity contribution >= 4 is 5.97 Å². The van der Waals surface area contributed by atoms with Crippen molar-refractivity contribution in [2.24, 2.45) is 0 Å². The van der Waals surface area contributed by atoms with E-state index in [-0.39, 0.29) is 5.69 Å². The molecule has 2 rings (SSSR count). The molecule has 0 fully saturated rings. The summed E-state index contributed by atoms with van der Waals surface area (Å²) in [4.78, 5) is 15.2. The van der Waals surface area contributed by atoms with E-state index in [0.717, 1.165) is 6.42 Å². The second-order valence-electron chi connectivity index (χ2n) is 4.11. The number of aromatic nitrogens is 2. The van der Waals surface area contributed by atoms with E-state index in [9.17, 15) is 9.90 Å². The molecule has 94 valence electrons. The number of aliphatic hydroxyl groups excluding tert-OH is 1. The van der Waals surface area contributed by atoms with E-state index in [1.807, 2.05) is 0 Å². The first-order chi connectivity index (χ1) is 8.15. The maximum absolute atomic E-state index is 11.1. The molecule has 6 nitrogen and oxygen atoms in total. The van der Waals surface area contributed by atoms with Gasteiger partial charge in [0.25, 0.3) is 0 Å². The maximum atomic E-state index is 11.1. The summed E-state index contributed by atoms with van der Waals surface area (Å²) in [6.07, 6.45) is 1.93. The number of aliphatic hydroxyl groups is 1. The average Bonchev–Trinajstić information content (AvgIpc) is 2.67. The van der Waals surface area contributed by atoms with Crippen molar-refractivity contribution in [3.63, 3.8) is 0 Å². The second kappa shape index (κ2) is 4.85. The molecule has 1 atom stereocenters. The minimum absolute atomic E-state index is 0.0647. The minimum Gasteiger partial charge on any atom is -0.476 e. The Morgan fingerprint density at radius 3 is 3.06 bits per heavy atom. The van der Waals surface area contributed by atoms with Crippen molar-refractivity contribution in [3.8, 4) is 0 Å². The molecule has 2 heterocycles. The molecular formula is C11H16N2O4. The molecule has 1 aromatic rings.